The molecule has 0 unspecified atom stereocenters. The van der Waals surface area contributed by atoms with Crippen molar-refractivity contribution in [2.24, 2.45) is 5.92 Å². The molecule has 0 aliphatic carbocycles. The number of urea groups is 1. The Balaban J connectivity index is 1.62. The van der Waals surface area contributed by atoms with Crippen LogP contribution >= 0.6 is 0 Å². The van der Waals surface area contributed by atoms with Gasteiger partial charge in [-0.15, -0.1) is 0 Å². The molecule has 0 radical (unpaired) electrons. The van der Waals surface area contributed by atoms with Crippen LogP contribution in [0.25, 0.3) is 0 Å². The highest BCUT2D eigenvalue weighted by Crippen LogP contribution is 2.25. The van der Waals surface area contributed by atoms with Crippen molar-refractivity contribution in [1.82, 2.24) is 14.9 Å². The van der Waals surface area contributed by atoms with Crippen molar-refractivity contribution >= 4 is 28.0 Å². The van der Waals surface area contributed by atoms with Crippen LogP contribution in [0.2, 0.25) is 0 Å². The molecule has 33 heavy (non-hydrogen) atoms. The van der Waals surface area contributed by atoms with Crippen molar-refractivity contribution < 1.29 is 32.3 Å². The van der Waals surface area contributed by atoms with Crippen molar-refractivity contribution in [1.29, 1.82) is 0 Å². The lowest BCUT2D eigenvalue weighted by Gasteiger charge is -2.31. The first-order chi connectivity index (χ1) is 15.8. The number of carbonyl (C=O) groups excluding carboxylic acids is 3. The third-order valence-electron chi connectivity index (χ3n) is 5.67. The van der Waals surface area contributed by atoms with Gasteiger partial charge in [0.2, 0.25) is 10.0 Å². The predicted molar refractivity (Wildman–Crippen MR) is 118 cm³/mol. The van der Waals surface area contributed by atoms with Gasteiger partial charge in [-0.3, -0.25) is 4.79 Å². The third-order valence-corrected chi connectivity index (χ3v) is 7.59. The predicted octanol–water partition coefficient (Wildman–Crippen LogP) is 1.54. The number of esters is 2. The second-order valence-corrected chi connectivity index (χ2v) is 9.71. The number of benzene rings is 1. The van der Waals surface area contributed by atoms with Crippen LogP contribution < -0.4 is 10.6 Å². The normalized spacial score (nSPS) is 20.1. The summed E-state index contributed by atoms with van der Waals surface area (Å²) >= 11 is 0. The number of hydrogen-bond donors (Lipinski definition) is 2. The van der Waals surface area contributed by atoms with E-state index in [9.17, 15) is 22.8 Å². The van der Waals surface area contributed by atoms with Crippen molar-refractivity contribution in [3.63, 3.8) is 0 Å². The molecule has 2 heterocycles. The minimum atomic E-state index is -3.61. The van der Waals surface area contributed by atoms with Gasteiger partial charge in [-0.2, -0.15) is 4.31 Å². The minimum Gasteiger partial charge on any atom is -0.463 e. The van der Waals surface area contributed by atoms with Gasteiger partial charge >= 0.3 is 18.0 Å². The Kier molecular flexibility index (Phi) is 8.09. The molecular formula is C22H29N3O7S. The number of sulfonamides is 1. The zero-order chi connectivity index (χ0) is 24.0. The number of nitrogens with zero attached hydrogens (tertiary/aromatic N) is 1. The molecule has 2 amide bonds. The van der Waals surface area contributed by atoms with Crippen LogP contribution in [0.15, 0.2) is 46.5 Å². The Labute approximate surface area is 193 Å². The maximum Gasteiger partial charge on any atom is 0.338 e. The van der Waals surface area contributed by atoms with Crippen LogP contribution in [0.4, 0.5) is 4.79 Å². The molecule has 180 valence electrons. The number of piperidine rings is 1. The zero-order valence-electron chi connectivity index (χ0n) is 18.7. The highest BCUT2D eigenvalue weighted by molar-refractivity contribution is 7.89. The van der Waals surface area contributed by atoms with Crippen LogP contribution in [-0.4, -0.2) is 63.0 Å². The maximum absolute atomic E-state index is 12.8. The lowest BCUT2D eigenvalue weighted by molar-refractivity contribution is -0.149. The van der Waals surface area contributed by atoms with Gasteiger partial charge in [0.25, 0.3) is 0 Å². The first-order valence-electron chi connectivity index (χ1n) is 11.0. The molecule has 2 aliphatic heterocycles. The first kappa shape index (κ1) is 24.7. The SMILES string of the molecule is CCOC(=O)C1=C(COC(=O)C2CCN(S(=O)(=O)c3ccccc3)CC2)NC(=O)N[C@H]1CC. The Morgan fingerprint density at radius 3 is 2.36 bits per heavy atom. The fraction of sp³-hybridized carbons (Fsp3) is 0.500. The van der Waals surface area contributed by atoms with Crippen LogP contribution in [-0.2, 0) is 29.1 Å². The summed E-state index contributed by atoms with van der Waals surface area (Å²) in [4.78, 5) is 37.2. The molecule has 0 aromatic heterocycles. The molecule has 2 aliphatic rings. The summed E-state index contributed by atoms with van der Waals surface area (Å²) in [6, 6.07) is 7.14. The number of hydrogen-bond acceptors (Lipinski definition) is 7. The van der Waals surface area contributed by atoms with E-state index in [1.807, 2.05) is 6.92 Å². The van der Waals surface area contributed by atoms with E-state index in [-0.39, 0.29) is 42.5 Å². The Bertz CT molecular complexity index is 1020. The van der Waals surface area contributed by atoms with Crippen molar-refractivity contribution in [2.45, 2.75) is 44.0 Å². The van der Waals surface area contributed by atoms with E-state index >= 15 is 0 Å². The molecule has 2 N–H and O–H groups in total. The molecule has 1 atom stereocenters. The number of rotatable bonds is 8. The van der Waals surface area contributed by atoms with Gasteiger partial charge in [-0.1, -0.05) is 25.1 Å². The summed E-state index contributed by atoms with van der Waals surface area (Å²) in [6.45, 7) is 3.79. The van der Waals surface area contributed by atoms with Gasteiger partial charge < -0.3 is 20.1 Å². The quantitative estimate of drug-likeness (QED) is 0.541. The number of carbonyl (C=O) groups is 3. The summed E-state index contributed by atoms with van der Waals surface area (Å²) in [5.74, 6) is -1.55. The fourth-order valence-electron chi connectivity index (χ4n) is 3.91. The summed E-state index contributed by atoms with van der Waals surface area (Å²) in [5, 5.41) is 5.19. The third kappa shape index (κ3) is 5.72. The fourth-order valence-corrected chi connectivity index (χ4v) is 5.40. The van der Waals surface area contributed by atoms with E-state index in [0.717, 1.165) is 0 Å². The monoisotopic (exact) mass is 479 g/mol. The van der Waals surface area contributed by atoms with Crippen LogP contribution in [0.3, 0.4) is 0 Å². The zero-order valence-corrected chi connectivity index (χ0v) is 19.5. The van der Waals surface area contributed by atoms with Gasteiger partial charge in [0.05, 0.1) is 34.7 Å². The van der Waals surface area contributed by atoms with Gasteiger partial charge in [0.15, 0.2) is 0 Å². The summed E-state index contributed by atoms with van der Waals surface area (Å²) < 4.78 is 37.4. The van der Waals surface area contributed by atoms with Gasteiger partial charge in [-0.05, 0) is 38.3 Å². The number of nitrogens with one attached hydrogen (secondary N) is 2. The summed E-state index contributed by atoms with van der Waals surface area (Å²) in [6.07, 6.45) is 1.10. The van der Waals surface area contributed by atoms with E-state index in [1.54, 1.807) is 37.3 Å². The minimum absolute atomic E-state index is 0.171. The summed E-state index contributed by atoms with van der Waals surface area (Å²) in [5.41, 5.74) is 0.428. The first-order valence-corrected chi connectivity index (χ1v) is 12.4. The Morgan fingerprint density at radius 1 is 1.09 bits per heavy atom. The number of ether oxygens (including phenoxy) is 2. The standard InChI is InChI=1S/C22H29N3O7S/c1-3-17-19(21(27)31-4-2)18(24-22(28)23-17)14-32-20(26)15-10-12-25(13-11-15)33(29,30)16-8-6-5-7-9-16/h5-9,15,17H,3-4,10-14H2,1-2H3,(H2,23,24,28)/t17-/m0/s1. The molecule has 11 heteroatoms. The topological polar surface area (TPSA) is 131 Å². The Morgan fingerprint density at radius 2 is 1.76 bits per heavy atom. The second-order valence-electron chi connectivity index (χ2n) is 7.77. The largest absolute Gasteiger partial charge is 0.463 e. The van der Waals surface area contributed by atoms with Gasteiger partial charge in [0.1, 0.15) is 6.61 Å². The average Bonchev–Trinajstić information content (AvgIpc) is 2.82. The summed E-state index contributed by atoms with van der Waals surface area (Å²) in [7, 11) is -3.61. The van der Waals surface area contributed by atoms with Crippen LogP contribution in [0.1, 0.15) is 33.1 Å². The van der Waals surface area contributed by atoms with Crippen LogP contribution in [0.5, 0.6) is 0 Å². The lowest BCUT2D eigenvalue weighted by Crippen LogP contribution is -2.51. The van der Waals surface area contributed by atoms with Gasteiger partial charge in [0, 0.05) is 13.1 Å². The highest BCUT2D eigenvalue weighted by atomic mass is 32.2. The van der Waals surface area contributed by atoms with E-state index in [2.05, 4.69) is 10.6 Å². The Hall–Kier alpha value is -2.92. The molecule has 3 rings (SSSR count). The molecule has 1 aromatic rings. The molecule has 1 saturated heterocycles. The number of amides is 2. The molecule has 1 fully saturated rings. The van der Waals surface area contributed by atoms with Crippen LogP contribution in [0, 0.1) is 5.92 Å². The molecular weight excluding hydrogens is 450 g/mol. The maximum atomic E-state index is 12.8. The van der Waals surface area contributed by atoms with E-state index in [0.29, 0.717) is 19.3 Å². The average molecular weight is 480 g/mol. The second kappa shape index (κ2) is 10.8. The highest BCUT2D eigenvalue weighted by Gasteiger charge is 2.35. The molecule has 0 spiro atoms. The smallest absolute Gasteiger partial charge is 0.338 e. The van der Waals surface area contributed by atoms with Gasteiger partial charge in [-0.25, -0.2) is 18.0 Å². The molecule has 0 saturated carbocycles. The van der Waals surface area contributed by atoms with Crippen molar-refractivity contribution in [3.8, 4) is 0 Å². The molecule has 1 aromatic carbocycles. The van der Waals surface area contributed by atoms with Crippen molar-refractivity contribution in [2.75, 3.05) is 26.3 Å². The van der Waals surface area contributed by atoms with E-state index in [4.69, 9.17) is 9.47 Å². The lowest BCUT2D eigenvalue weighted by atomic mass is 9.98. The van der Waals surface area contributed by atoms with Crippen molar-refractivity contribution in [3.05, 3.63) is 41.6 Å². The van der Waals surface area contributed by atoms with E-state index < -0.39 is 40.0 Å². The molecule has 10 nitrogen and oxygen atoms in total. The molecule has 0 bridgehead atoms. The van der Waals surface area contributed by atoms with E-state index in [1.165, 1.54) is 4.31 Å².